The van der Waals surface area contributed by atoms with Crippen molar-refractivity contribution in [3.8, 4) is 0 Å². The van der Waals surface area contributed by atoms with Gasteiger partial charge in [-0.1, -0.05) is 239 Å². The van der Waals surface area contributed by atoms with Gasteiger partial charge in [0.15, 0.2) is 0 Å². The van der Waals surface area contributed by atoms with E-state index in [2.05, 4.69) is 19.2 Å². The van der Waals surface area contributed by atoms with E-state index in [1.54, 1.807) is 0 Å². The lowest BCUT2D eigenvalue weighted by atomic mass is 10.0. The standard InChI is InChI=1S/C44H89NO3/c1-3-5-7-9-10-11-12-13-14-15-16-17-18-19-20-21-22-23-24-25-26-27-28-29-30-31-32-33-34-35-36-37-39-43(47)42(41-46)45-44(48)40-38-8-6-4-2/h42-43,46-47H,3-41H2,1-2H3,(H,45,48). The molecule has 288 valence electrons. The summed E-state index contributed by atoms with van der Waals surface area (Å²) >= 11 is 0. The van der Waals surface area contributed by atoms with Gasteiger partial charge in [0.1, 0.15) is 0 Å². The van der Waals surface area contributed by atoms with Gasteiger partial charge in [-0.05, 0) is 12.8 Å². The third kappa shape index (κ3) is 36.7. The van der Waals surface area contributed by atoms with Gasteiger partial charge in [-0.3, -0.25) is 4.79 Å². The van der Waals surface area contributed by atoms with Gasteiger partial charge in [-0.25, -0.2) is 0 Å². The molecule has 0 heterocycles. The number of carbonyl (C=O) groups excluding carboxylic acids is 1. The zero-order valence-corrected chi connectivity index (χ0v) is 33.0. The second-order valence-corrected chi connectivity index (χ2v) is 15.5. The monoisotopic (exact) mass is 680 g/mol. The van der Waals surface area contributed by atoms with Crippen LogP contribution < -0.4 is 5.32 Å². The zero-order valence-electron chi connectivity index (χ0n) is 33.0. The number of carbonyl (C=O) groups is 1. The fourth-order valence-electron chi connectivity index (χ4n) is 7.19. The normalized spacial score (nSPS) is 12.8. The lowest BCUT2D eigenvalue weighted by Crippen LogP contribution is -2.45. The second kappa shape index (κ2) is 40.8. The first-order valence-corrected chi connectivity index (χ1v) is 22.2. The summed E-state index contributed by atoms with van der Waals surface area (Å²) in [6.07, 6.45) is 49.7. The molecule has 0 aromatic rings. The Hall–Kier alpha value is -0.610. The summed E-state index contributed by atoms with van der Waals surface area (Å²) in [5.74, 6) is -0.0461. The lowest BCUT2D eigenvalue weighted by molar-refractivity contribution is -0.123. The van der Waals surface area contributed by atoms with Crippen LogP contribution in [0.4, 0.5) is 0 Å². The van der Waals surface area contributed by atoms with E-state index in [1.807, 2.05) is 0 Å². The number of amides is 1. The topological polar surface area (TPSA) is 69.6 Å². The Morgan fingerprint density at radius 3 is 0.938 bits per heavy atom. The zero-order chi connectivity index (χ0) is 35.0. The highest BCUT2D eigenvalue weighted by molar-refractivity contribution is 5.76. The van der Waals surface area contributed by atoms with E-state index in [1.165, 1.54) is 193 Å². The molecule has 0 saturated carbocycles. The minimum absolute atomic E-state index is 0.0461. The van der Waals surface area contributed by atoms with Crippen molar-refractivity contribution in [3.63, 3.8) is 0 Å². The lowest BCUT2D eigenvalue weighted by Gasteiger charge is -2.22. The Morgan fingerprint density at radius 2 is 0.667 bits per heavy atom. The summed E-state index contributed by atoms with van der Waals surface area (Å²) < 4.78 is 0. The molecule has 0 spiro atoms. The van der Waals surface area contributed by atoms with E-state index in [9.17, 15) is 15.0 Å². The molecule has 0 aromatic carbocycles. The van der Waals surface area contributed by atoms with Gasteiger partial charge in [-0.2, -0.15) is 0 Å². The van der Waals surface area contributed by atoms with Crippen molar-refractivity contribution in [1.29, 1.82) is 0 Å². The second-order valence-electron chi connectivity index (χ2n) is 15.5. The van der Waals surface area contributed by atoms with Gasteiger partial charge in [0.25, 0.3) is 0 Å². The molecule has 0 bridgehead atoms. The summed E-state index contributed by atoms with van der Waals surface area (Å²) in [7, 11) is 0. The van der Waals surface area contributed by atoms with E-state index >= 15 is 0 Å². The van der Waals surface area contributed by atoms with Crippen LogP contribution in [0.2, 0.25) is 0 Å². The van der Waals surface area contributed by atoms with Crippen LogP contribution in [0, 0.1) is 0 Å². The van der Waals surface area contributed by atoms with Gasteiger partial charge in [0.05, 0.1) is 18.8 Å². The van der Waals surface area contributed by atoms with Crippen molar-refractivity contribution >= 4 is 5.91 Å². The van der Waals surface area contributed by atoms with Crippen LogP contribution in [0.5, 0.6) is 0 Å². The largest absolute Gasteiger partial charge is 0.394 e. The molecule has 3 N–H and O–H groups in total. The van der Waals surface area contributed by atoms with Crippen LogP contribution in [0.1, 0.15) is 258 Å². The molecule has 4 heteroatoms. The maximum atomic E-state index is 12.1. The van der Waals surface area contributed by atoms with Gasteiger partial charge in [0.2, 0.25) is 5.91 Å². The van der Waals surface area contributed by atoms with Gasteiger partial charge < -0.3 is 15.5 Å². The summed E-state index contributed by atoms with van der Waals surface area (Å²) in [6.45, 7) is 4.27. The predicted molar refractivity (Wildman–Crippen MR) is 212 cm³/mol. The van der Waals surface area contributed by atoms with Crippen molar-refractivity contribution in [2.45, 2.75) is 270 Å². The number of aliphatic hydroxyl groups is 2. The van der Waals surface area contributed by atoms with Crippen LogP contribution in [-0.2, 0) is 4.79 Å². The number of nitrogens with one attached hydrogen (secondary N) is 1. The molecule has 48 heavy (non-hydrogen) atoms. The molecule has 0 aliphatic heterocycles. The van der Waals surface area contributed by atoms with Crippen molar-refractivity contribution < 1.29 is 15.0 Å². The Kier molecular flexibility index (Phi) is 40.3. The molecular formula is C44H89NO3. The van der Waals surface area contributed by atoms with Crippen LogP contribution in [0.3, 0.4) is 0 Å². The van der Waals surface area contributed by atoms with Crippen LogP contribution in [0.25, 0.3) is 0 Å². The highest BCUT2D eigenvalue weighted by Gasteiger charge is 2.19. The summed E-state index contributed by atoms with van der Waals surface area (Å²) in [5.41, 5.74) is 0. The third-order valence-electron chi connectivity index (χ3n) is 10.6. The van der Waals surface area contributed by atoms with Gasteiger partial charge >= 0.3 is 0 Å². The van der Waals surface area contributed by atoms with Crippen molar-refractivity contribution in [1.82, 2.24) is 5.32 Å². The summed E-state index contributed by atoms with van der Waals surface area (Å²) in [6, 6.07) is -0.526. The van der Waals surface area contributed by atoms with E-state index in [-0.39, 0.29) is 12.5 Å². The summed E-state index contributed by atoms with van der Waals surface area (Å²) in [4.78, 5) is 12.1. The van der Waals surface area contributed by atoms with Crippen molar-refractivity contribution in [2.75, 3.05) is 6.61 Å². The molecule has 4 nitrogen and oxygen atoms in total. The number of aliphatic hydroxyl groups excluding tert-OH is 2. The Balaban J connectivity index is 3.26. The minimum Gasteiger partial charge on any atom is -0.394 e. The van der Waals surface area contributed by atoms with E-state index in [0.717, 1.165) is 38.5 Å². The Bertz CT molecular complexity index is 612. The number of rotatable bonds is 41. The minimum atomic E-state index is -0.650. The fourth-order valence-corrected chi connectivity index (χ4v) is 7.19. The highest BCUT2D eigenvalue weighted by Crippen LogP contribution is 2.17. The third-order valence-corrected chi connectivity index (χ3v) is 10.6. The first-order chi connectivity index (χ1) is 23.7. The molecule has 0 saturated heterocycles. The first-order valence-electron chi connectivity index (χ1n) is 22.2. The maximum Gasteiger partial charge on any atom is 0.220 e. The van der Waals surface area contributed by atoms with E-state index in [4.69, 9.17) is 0 Å². The average molecular weight is 680 g/mol. The molecule has 0 radical (unpaired) electrons. The van der Waals surface area contributed by atoms with Gasteiger partial charge in [-0.15, -0.1) is 0 Å². The number of unbranched alkanes of at least 4 members (excludes halogenated alkanes) is 34. The molecule has 0 fully saturated rings. The van der Waals surface area contributed by atoms with Crippen LogP contribution >= 0.6 is 0 Å². The van der Waals surface area contributed by atoms with Crippen molar-refractivity contribution in [3.05, 3.63) is 0 Å². The summed E-state index contributed by atoms with van der Waals surface area (Å²) in [5, 5.41) is 22.8. The molecule has 1 amide bonds. The van der Waals surface area contributed by atoms with Crippen LogP contribution in [0.15, 0.2) is 0 Å². The van der Waals surface area contributed by atoms with Crippen LogP contribution in [-0.4, -0.2) is 34.9 Å². The SMILES string of the molecule is CCCCCCCCCCCCCCCCCCCCCCCCCCCCCCCCCCC(O)C(CO)NC(=O)CCCCCC. The molecule has 2 unspecified atom stereocenters. The highest BCUT2D eigenvalue weighted by atomic mass is 16.3. The van der Waals surface area contributed by atoms with E-state index in [0.29, 0.717) is 12.8 Å². The van der Waals surface area contributed by atoms with E-state index < -0.39 is 12.1 Å². The molecule has 2 atom stereocenters. The number of hydrogen-bond acceptors (Lipinski definition) is 3. The van der Waals surface area contributed by atoms with Crippen molar-refractivity contribution in [2.24, 2.45) is 0 Å². The maximum absolute atomic E-state index is 12.1. The molecular weight excluding hydrogens is 590 g/mol. The first kappa shape index (κ1) is 47.4. The molecule has 0 aliphatic rings. The quantitative estimate of drug-likeness (QED) is 0.0563. The molecule has 0 aromatic heterocycles. The smallest absolute Gasteiger partial charge is 0.220 e. The molecule has 0 aliphatic carbocycles. The Labute approximate surface area is 302 Å². The van der Waals surface area contributed by atoms with Gasteiger partial charge in [0, 0.05) is 6.42 Å². The molecule has 0 rings (SSSR count). The number of hydrogen-bond donors (Lipinski definition) is 3. The Morgan fingerprint density at radius 1 is 0.417 bits per heavy atom. The predicted octanol–water partition coefficient (Wildman–Crippen LogP) is 13.7. The fraction of sp³-hybridized carbons (Fsp3) is 0.977. The average Bonchev–Trinajstić information content (AvgIpc) is 3.09.